The maximum Gasteiger partial charge on any atom is 0.324 e. The van der Waals surface area contributed by atoms with Gasteiger partial charge in [0.05, 0.1) is 0 Å². The SMILES string of the molecule is C=CC(c1ccccc1)C(N)(CC)C(=O)O. The lowest BCUT2D eigenvalue weighted by Crippen LogP contribution is -2.51. The number of aliphatic carboxylic acids is 1. The van der Waals surface area contributed by atoms with E-state index < -0.39 is 11.5 Å². The Kier molecular flexibility index (Phi) is 3.85. The molecule has 86 valence electrons. The van der Waals surface area contributed by atoms with Crippen molar-refractivity contribution in [3.63, 3.8) is 0 Å². The fourth-order valence-electron chi connectivity index (χ4n) is 1.81. The van der Waals surface area contributed by atoms with Crippen molar-refractivity contribution in [3.05, 3.63) is 48.6 Å². The highest BCUT2D eigenvalue weighted by Crippen LogP contribution is 2.30. The lowest BCUT2D eigenvalue weighted by atomic mass is 9.78. The first-order valence-electron chi connectivity index (χ1n) is 5.26. The van der Waals surface area contributed by atoms with Crippen molar-refractivity contribution in [1.29, 1.82) is 0 Å². The number of hydrogen-bond acceptors (Lipinski definition) is 2. The molecule has 3 heteroatoms. The molecule has 3 nitrogen and oxygen atoms in total. The van der Waals surface area contributed by atoms with Gasteiger partial charge in [0.15, 0.2) is 0 Å². The topological polar surface area (TPSA) is 63.3 Å². The van der Waals surface area contributed by atoms with Gasteiger partial charge < -0.3 is 10.8 Å². The van der Waals surface area contributed by atoms with E-state index in [0.29, 0.717) is 6.42 Å². The molecule has 0 saturated carbocycles. The van der Waals surface area contributed by atoms with Crippen molar-refractivity contribution in [3.8, 4) is 0 Å². The summed E-state index contributed by atoms with van der Waals surface area (Å²) in [4.78, 5) is 11.3. The van der Waals surface area contributed by atoms with Crippen LogP contribution in [-0.4, -0.2) is 16.6 Å². The standard InChI is InChI=1S/C13H17NO2/c1-3-11(10-8-6-5-7-9-10)13(14,4-2)12(15)16/h3,5-9,11H,1,4,14H2,2H3,(H,15,16). The number of carboxylic acid groups (broad SMARTS) is 1. The second kappa shape index (κ2) is 4.94. The van der Waals surface area contributed by atoms with Crippen LogP contribution in [-0.2, 0) is 4.79 Å². The van der Waals surface area contributed by atoms with Crippen LogP contribution in [0, 0.1) is 0 Å². The van der Waals surface area contributed by atoms with Gasteiger partial charge in [0.25, 0.3) is 0 Å². The van der Waals surface area contributed by atoms with Gasteiger partial charge in [0.2, 0.25) is 0 Å². The Hall–Kier alpha value is -1.61. The van der Waals surface area contributed by atoms with E-state index in [1.165, 1.54) is 0 Å². The molecular formula is C13H17NO2. The molecule has 2 atom stereocenters. The van der Waals surface area contributed by atoms with Crippen molar-refractivity contribution in [2.24, 2.45) is 5.73 Å². The van der Waals surface area contributed by atoms with Crippen LogP contribution >= 0.6 is 0 Å². The molecule has 0 heterocycles. The van der Waals surface area contributed by atoms with Gasteiger partial charge in [-0.15, -0.1) is 6.58 Å². The third-order valence-corrected chi connectivity index (χ3v) is 2.93. The predicted octanol–water partition coefficient (Wildman–Crippen LogP) is 2.15. The van der Waals surface area contributed by atoms with Gasteiger partial charge in [0, 0.05) is 5.92 Å². The van der Waals surface area contributed by atoms with Gasteiger partial charge >= 0.3 is 5.97 Å². The summed E-state index contributed by atoms with van der Waals surface area (Å²) in [6.45, 7) is 5.46. The maximum atomic E-state index is 11.3. The number of carbonyl (C=O) groups is 1. The van der Waals surface area contributed by atoms with E-state index >= 15 is 0 Å². The van der Waals surface area contributed by atoms with E-state index in [4.69, 9.17) is 5.73 Å². The van der Waals surface area contributed by atoms with E-state index in [1.54, 1.807) is 13.0 Å². The average Bonchev–Trinajstić information content (AvgIpc) is 2.30. The Morgan fingerprint density at radius 3 is 2.50 bits per heavy atom. The van der Waals surface area contributed by atoms with Crippen LogP contribution in [0.25, 0.3) is 0 Å². The zero-order valence-electron chi connectivity index (χ0n) is 9.39. The van der Waals surface area contributed by atoms with Crippen LogP contribution in [0.5, 0.6) is 0 Å². The second-order valence-electron chi connectivity index (χ2n) is 3.82. The maximum absolute atomic E-state index is 11.3. The third kappa shape index (κ3) is 2.14. The third-order valence-electron chi connectivity index (χ3n) is 2.93. The largest absolute Gasteiger partial charge is 0.480 e. The summed E-state index contributed by atoms with van der Waals surface area (Å²) in [5.41, 5.74) is 5.55. The highest BCUT2D eigenvalue weighted by atomic mass is 16.4. The molecule has 1 aromatic carbocycles. The van der Waals surface area contributed by atoms with E-state index in [2.05, 4.69) is 6.58 Å². The molecule has 0 aliphatic heterocycles. The highest BCUT2D eigenvalue weighted by molar-refractivity contribution is 5.80. The molecule has 0 aromatic heterocycles. The first kappa shape index (κ1) is 12.5. The van der Waals surface area contributed by atoms with Crippen molar-refractivity contribution < 1.29 is 9.90 Å². The van der Waals surface area contributed by atoms with Gasteiger partial charge in [-0.1, -0.05) is 43.3 Å². The van der Waals surface area contributed by atoms with Gasteiger partial charge in [-0.05, 0) is 12.0 Å². The summed E-state index contributed by atoms with van der Waals surface area (Å²) in [7, 11) is 0. The molecule has 1 rings (SSSR count). The van der Waals surface area contributed by atoms with Crippen LogP contribution in [0.1, 0.15) is 24.8 Å². The van der Waals surface area contributed by atoms with E-state index in [-0.39, 0.29) is 5.92 Å². The molecule has 2 unspecified atom stereocenters. The molecule has 0 radical (unpaired) electrons. The molecule has 1 aromatic rings. The molecule has 0 fully saturated rings. The first-order chi connectivity index (χ1) is 7.56. The molecule has 0 saturated heterocycles. The van der Waals surface area contributed by atoms with Gasteiger partial charge in [-0.25, -0.2) is 0 Å². The summed E-state index contributed by atoms with van der Waals surface area (Å²) in [6.07, 6.45) is 1.96. The van der Waals surface area contributed by atoms with Crippen LogP contribution in [0.2, 0.25) is 0 Å². The zero-order valence-corrected chi connectivity index (χ0v) is 9.39. The molecular weight excluding hydrogens is 202 g/mol. The fourth-order valence-corrected chi connectivity index (χ4v) is 1.81. The van der Waals surface area contributed by atoms with Gasteiger partial charge in [-0.3, -0.25) is 4.79 Å². The van der Waals surface area contributed by atoms with Crippen LogP contribution in [0.3, 0.4) is 0 Å². The van der Waals surface area contributed by atoms with E-state index in [1.807, 2.05) is 30.3 Å². The molecule has 3 N–H and O–H groups in total. The first-order valence-corrected chi connectivity index (χ1v) is 5.26. The van der Waals surface area contributed by atoms with Crippen LogP contribution in [0.4, 0.5) is 0 Å². The number of nitrogens with two attached hydrogens (primary N) is 1. The Morgan fingerprint density at radius 1 is 1.56 bits per heavy atom. The normalized spacial score (nSPS) is 16.1. The molecule has 0 spiro atoms. The number of benzene rings is 1. The van der Waals surface area contributed by atoms with E-state index in [0.717, 1.165) is 5.56 Å². The van der Waals surface area contributed by atoms with Crippen molar-refractivity contribution in [2.45, 2.75) is 24.8 Å². The molecule has 16 heavy (non-hydrogen) atoms. The average molecular weight is 219 g/mol. The lowest BCUT2D eigenvalue weighted by Gasteiger charge is -2.31. The minimum absolute atomic E-state index is 0.355. The smallest absolute Gasteiger partial charge is 0.324 e. The molecule has 0 aliphatic carbocycles. The zero-order chi connectivity index (χ0) is 12.2. The fraction of sp³-hybridized carbons (Fsp3) is 0.308. The molecule has 0 bridgehead atoms. The number of carboxylic acids is 1. The molecule has 0 amide bonds. The Bertz CT molecular complexity index is 375. The quantitative estimate of drug-likeness (QED) is 0.746. The van der Waals surface area contributed by atoms with Gasteiger partial charge in [0.1, 0.15) is 5.54 Å². The van der Waals surface area contributed by atoms with Crippen LogP contribution in [0.15, 0.2) is 43.0 Å². The van der Waals surface area contributed by atoms with Crippen LogP contribution < -0.4 is 5.73 Å². The second-order valence-corrected chi connectivity index (χ2v) is 3.82. The minimum atomic E-state index is -1.29. The summed E-state index contributed by atoms with van der Waals surface area (Å²) in [5.74, 6) is -1.38. The summed E-state index contributed by atoms with van der Waals surface area (Å²) in [6, 6.07) is 9.35. The lowest BCUT2D eigenvalue weighted by molar-refractivity contribution is -0.144. The Balaban J connectivity index is 3.16. The molecule has 0 aliphatic rings. The van der Waals surface area contributed by atoms with Gasteiger partial charge in [-0.2, -0.15) is 0 Å². The summed E-state index contributed by atoms with van der Waals surface area (Å²) >= 11 is 0. The number of rotatable bonds is 5. The number of hydrogen-bond donors (Lipinski definition) is 2. The summed E-state index contributed by atoms with van der Waals surface area (Å²) in [5, 5.41) is 9.22. The highest BCUT2D eigenvalue weighted by Gasteiger charge is 2.39. The predicted molar refractivity (Wildman–Crippen MR) is 64.2 cm³/mol. The Labute approximate surface area is 95.6 Å². The van der Waals surface area contributed by atoms with Crippen molar-refractivity contribution >= 4 is 5.97 Å². The van der Waals surface area contributed by atoms with E-state index in [9.17, 15) is 9.90 Å². The van der Waals surface area contributed by atoms with Crippen molar-refractivity contribution in [2.75, 3.05) is 0 Å². The summed E-state index contributed by atoms with van der Waals surface area (Å²) < 4.78 is 0. The minimum Gasteiger partial charge on any atom is -0.480 e. The monoisotopic (exact) mass is 219 g/mol. The Morgan fingerprint density at radius 2 is 2.12 bits per heavy atom. The van der Waals surface area contributed by atoms with Crippen molar-refractivity contribution in [1.82, 2.24) is 0 Å².